The summed E-state index contributed by atoms with van der Waals surface area (Å²) in [5.74, 6) is -6.43. The monoisotopic (exact) mass is 444 g/mol. The van der Waals surface area contributed by atoms with E-state index < -0.39 is 117 Å². The zero-order valence-electron chi connectivity index (χ0n) is 33.9. The number of rotatable bonds is 8. The molecule has 1 heterocycles. The first-order chi connectivity index (χ1) is 21.8. The minimum atomic E-state index is -3.91. The lowest BCUT2D eigenvalue weighted by atomic mass is 10.0. The third-order valence-corrected chi connectivity index (χ3v) is 4.69. The van der Waals surface area contributed by atoms with E-state index in [9.17, 15) is 9.18 Å². The highest BCUT2D eigenvalue weighted by Gasteiger charge is 2.27. The third-order valence-electron chi connectivity index (χ3n) is 4.69. The van der Waals surface area contributed by atoms with E-state index in [1.807, 2.05) is 11.9 Å². The number of amides is 2. The molecule has 6 heteroatoms. The van der Waals surface area contributed by atoms with Gasteiger partial charge in [-0.2, -0.15) is 0 Å². The van der Waals surface area contributed by atoms with Gasteiger partial charge >= 0.3 is 6.03 Å². The van der Waals surface area contributed by atoms with Crippen LogP contribution in [0.3, 0.4) is 0 Å². The van der Waals surface area contributed by atoms with E-state index in [1.165, 1.54) is 4.90 Å². The molecule has 2 aromatic carbocycles. The molecule has 0 bridgehead atoms. The normalized spacial score (nSPS) is 24.6. The van der Waals surface area contributed by atoms with Gasteiger partial charge in [0.15, 0.2) is 0 Å². The van der Waals surface area contributed by atoms with Crippen LogP contribution >= 0.6 is 0 Å². The van der Waals surface area contributed by atoms with Crippen LogP contribution in [0, 0.1) is 11.7 Å². The lowest BCUT2D eigenvalue weighted by Crippen LogP contribution is -2.49. The van der Waals surface area contributed by atoms with Crippen molar-refractivity contribution in [1.82, 2.24) is 15.1 Å². The maximum atomic E-state index is 14.2. The van der Waals surface area contributed by atoms with Crippen molar-refractivity contribution in [1.29, 1.82) is 0 Å². The van der Waals surface area contributed by atoms with Crippen LogP contribution in [-0.2, 0) is 13.1 Å². The molecule has 1 aliphatic rings. The van der Waals surface area contributed by atoms with Gasteiger partial charge in [-0.15, -0.1) is 0 Å². The first-order valence-electron chi connectivity index (χ1n) is 18.1. The quantitative estimate of drug-likeness (QED) is 0.644. The smallest absolute Gasteiger partial charge is 0.318 e. The number of ether oxygens (including phenoxy) is 1. The molecule has 0 atom stereocenters. The van der Waals surface area contributed by atoms with Gasteiger partial charge in [-0.25, -0.2) is 9.18 Å². The van der Waals surface area contributed by atoms with Crippen molar-refractivity contribution in [2.45, 2.75) is 45.7 Å². The van der Waals surface area contributed by atoms with Crippen LogP contribution in [0.5, 0.6) is 5.75 Å². The lowest BCUT2D eigenvalue weighted by molar-refractivity contribution is 0.127. The van der Waals surface area contributed by atoms with Gasteiger partial charge in [0.1, 0.15) is 11.6 Å². The number of benzene rings is 2. The number of carbonyl (C=O) groups is 1. The van der Waals surface area contributed by atoms with E-state index in [1.54, 1.807) is 0 Å². The summed E-state index contributed by atoms with van der Waals surface area (Å²) in [6.45, 7) is -11.5. The van der Waals surface area contributed by atoms with Gasteiger partial charge < -0.3 is 19.9 Å². The van der Waals surface area contributed by atoms with Crippen molar-refractivity contribution in [3.8, 4) is 5.75 Å². The van der Waals surface area contributed by atoms with Gasteiger partial charge in [-0.05, 0) is 74.2 Å². The van der Waals surface area contributed by atoms with Gasteiger partial charge in [-0.1, -0.05) is 37.9 Å². The Bertz CT molecular complexity index is 1490. The zero-order valence-corrected chi connectivity index (χ0v) is 16.9. The van der Waals surface area contributed by atoms with Crippen molar-refractivity contribution in [2.24, 2.45) is 5.89 Å². The number of likely N-dealkylation sites (tertiary alicyclic amines) is 1. The summed E-state index contributed by atoms with van der Waals surface area (Å²) in [6.07, 6.45) is 0.874. The van der Waals surface area contributed by atoms with Gasteiger partial charge in [0.2, 0.25) is 0 Å². The van der Waals surface area contributed by atoms with E-state index in [0.29, 0.717) is 25.9 Å². The molecule has 0 unspecified atom stereocenters. The summed E-state index contributed by atoms with van der Waals surface area (Å²) in [5, 5.41) is 2.46. The largest absolute Gasteiger partial charge is 0.493 e. The zero-order chi connectivity index (χ0) is 36.9. The molecule has 31 heavy (non-hydrogen) atoms. The minimum absolute atomic E-state index is 0.250. The van der Waals surface area contributed by atoms with Crippen LogP contribution in [0.25, 0.3) is 0 Å². The molecule has 1 saturated heterocycles. The van der Waals surface area contributed by atoms with Crippen LogP contribution in [0.4, 0.5) is 9.18 Å². The Morgan fingerprint density at radius 2 is 1.90 bits per heavy atom. The van der Waals surface area contributed by atoms with Crippen LogP contribution in [0.15, 0.2) is 48.3 Å². The molecule has 0 aliphatic carbocycles. The standard InChI is InChI=1S/C25H34FN3O2/c1-19(2)18-31-24-10-6-20(7-11-24)16-27-25(30)29(23-12-14-28(3)15-13-23)17-21-4-8-22(26)9-5-21/h4-11,19,23H,12-18H2,1-3H3,(H,27,30)/i1D3,2D3,4D,5D,6D,7D,8D,9D,10D,11D,18D2,19D. The fourth-order valence-electron chi connectivity index (χ4n) is 3.08. The van der Waals surface area contributed by atoms with E-state index in [0.717, 1.165) is 0 Å². The molecule has 2 amide bonds. The number of hydrogen-bond acceptors (Lipinski definition) is 3. The molecule has 168 valence electrons. The molecule has 1 fully saturated rings. The molecule has 0 aromatic heterocycles. The summed E-state index contributed by atoms with van der Waals surface area (Å²) < 4.78 is 154. The second-order valence-electron chi connectivity index (χ2n) is 7.00. The molecule has 0 spiro atoms. The van der Waals surface area contributed by atoms with E-state index in [4.69, 9.17) is 28.0 Å². The van der Waals surface area contributed by atoms with Crippen molar-refractivity contribution < 1.29 is 37.2 Å². The first kappa shape index (κ1) is 9.49. The molecule has 0 saturated carbocycles. The second-order valence-corrected chi connectivity index (χ2v) is 7.00. The predicted molar refractivity (Wildman–Crippen MR) is 121 cm³/mol. The Morgan fingerprint density at radius 3 is 2.55 bits per heavy atom. The number of hydrogen-bond donors (Lipinski definition) is 1. The fourth-order valence-corrected chi connectivity index (χ4v) is 3.08. The number of nitrogens with one attached hydrogen (secondary N) is 1. The van der Waals surface area contributed by atoms with Crippen LogP contribution < -0.4 is 10.1 Å². The Morgan fingerprint density at radius 1 is 1.26 bits per heavy atom. The lowest BCUT2D eigenvalue weighted by Gasteiger charge is -2.37. The summed E-state index contributed by atoms with van der Waals surface area (Å²) in [4.78, 5) is 16.8. The maximum Gasteiger partial charge on any atom is 0.318 e. The van der Waals surface area contributed by atoms with Gasteiger partial charge in [0, 0.05) is 28.7 Å². The highest BCUT2D eigenvalue weighted by molar-refractivity contribution is 5.74. The molecule has 1 aliphatic heterocycles. The van der Waals surface area contributed by atoms with E-state index >= 15 is 0 Å². The summed E-state index contributed by atoms with van der Waals surface area (Å²) in [6, 6.07) is -8.34. The number of nitrogens with zero attached hydrogens (tertiary/aromatic N) is 2. The molecule has 3 rings (SSSR count). The first-order valence-corrected chi connectivity index (χ1v) is 9.56. The third kappa shape index (κ3) is 7.24. The van der Waals surface area contributed by atoms with Crippen LogP contribution in [-0.4, -0.2) is 48.6 Å². The predicted octanol–water partition coefficient (Wildman–Crippen LogP) is 4.67. The van der Waals surface area contributed by atoms with Crippen molar-refractivity contribution in [3.05, 3.63) is 65.3 Å². The average Bonchev–Trinajstić information content (AvgIpc) is 2.99. The second kappa shape index (κ2) is 11.1. The number of piperidine rings is 1. The Kier molecular flexibility index (Phi) is 3.41. The van der Waals surface area contributed by atoms with Gasteiger partial charge in [0.25, 0.3) is 0 Å². The summed E-state index contributed by atoms with van der Waals surface area (Å²) in [5.41, 5.74) is -0.676. The van der Waals surface area contributed by atoms with Crippen molar-refractivity contribution in [3.63, 3.8) is 0 Å². The Labute approximate surface area is 209 Å². The topological polar surface area (TPSA) is 44.8 Å². The molecule has 5 nitrogen and oxygen atoms in total. The molecular formula is C25H34FN3O2. The van der Waals surface area contributed by atoms with E-state index in [2.05, 4.69) is 5.32 Å². The van der Waals surface area contributed by atoms with Gasteiger partial charge in [0.05, 0.1) is 20.3 Å². The van der Waals surface area contributed by atoms with Crippen molar-refractivity contribution in [2.75, 3.05) is 26.7 Å². The molecular weight excluding hydrogens is 393 g/mol. The van der Waals surface area contributed by atoms with Crippen LogP contribution in [0.1, 0.15) is 61.0 Å². The highest BCUT2D eigenvalue weighted by atomic mass is 19.1. The number of urea groups is 1. The van der Waals surface area contributed by atoms with Gasteiger partial charge in [-0.3, -0.25) is 0 Å². The van der Waals surface area contributed by atoms with Crippen LogP contribution in [0.2, 0.25) is 0 Å². The summed E-state index contributed by atoms with van der Waals surface area (Å²) >= 11 is 0. The minimum Gasteiger partial charge on any atom is -0.493 e. The molecule has 1 N–H and O–H groups in total. The maximum absolute atomic E-state index is 14.2. The SMILES string of the molecule is [2H]c1c([2H])c(CN(C(=O)NCc2c([2H])c([2H])c(OC([2H])([2H])C([2H])(C([2H])([2H])[2H])C([2H])([2H])[2H])c([2H])c2[2H])C2CCN(C)CC2)c([2H])c([2H])c1F. The number of halogens is 1. The highest BCUT2D eigenvalue weighted by Crippen LogP contribution is 2.19. The molecule has 2 aromatic rings. The van der Waals surface area contributed by atoms with Crippen molar-refractivity contribution >= 4 is 6.03 Å². The Balaban J connectivity index is 1.98. The van der Waals surface area contributed by atoms with E-state index in [-0.39, 0.29) is 5.56 Å². The molecule has 0 radical (unpaired) electrons. The summed E-state index contributed by atoms with van der Waals surface area (Å²) in [7, 11) is 1.86. The fraction of sp³-hybridized carbons (Fsp3) is 0.480. The average molecular weight is 445 g/mol. The number of carbonyl (C=O) groups excluding carboxylic acids is 1. The Hall–Kier alpha value is -2.60.